The minimum Gasteiger partial charge on any atom is -0.496 e. The smallest absolute Gasteiger partial charge is 0.265 e. The second-order valence-electron chi connectivity index (χ2n) is 4.73. The van der Waals surface area contributed by atoms with E-state index in [1.807, 2.05) is 18.2 Å². The molecule has 1 aliphatic carbocycles. The summed E-state index contributed by atoms with van der Waals surface area (Å²) in [7, 11) is 1.60. The summed E-state index contributed by atoms with van der Waals surface area (Å²) in [6.07, 6.45) is 2.17. The van der Waals surface area contributed by atoms with Crippen molar-refractivity contribution in [2.75, 3.05) is 7.11 Å². The van der Waals surface area contributed by atoms with E-state index >= 15 is 0 Å². The number of H-pyrrole nitrogens is 1. The van der Waals surface area contributed by atoms with Crippen LogP contribution in [0.3, 0.4) is 0 Å². The van der Waals surface area contributed by atoms with E-state index in [0.29, 0.717) is 22.0 Å². The lowest BCUT2D eigenvalue weighted by atomic mass is 10.1. The number of rotatable bonds is 3. The van der Waals surface area contributed by atoms with E-state index in [0.717, 1.165) is 28.6 Å². The first-order valence-electron chi connectivity index (χ1n) is 6.23. The predicted molar refractivity (Wildman–Crippen MR) is 84.2 cm³/mol. The second kappa shape index (κ2) is 5.33. The lowest BCUT2D eigenvalue weighted by Gasteiger charge is -2.10. The van der Waals surface area contributed by atoms with Crippen LogP contribution in [-0.4, -0.2) is 17.1 Å². The molecule has 1 N–H and O–H groups in total. The summed E-state index contributed by atoms with van der Waals surface area (Å²) in [6, 6.07) is 5.63. The van der Waals surface area contributed by atoms with Crippen molar-refractivity contribution in [1.82, 2.24) is 9.97 Å². The van der Waals surface area contributed by atoms with Gasteiger partial charge in [-0.25, -0.2) is 4.98 Å². The van der Waals surface area contributed by atoms with Gasteiger partial charge in [0.2, 0.25) is 0 Å². The van der Waals surface area contributed by atoms with Crippen molar-refractivity contribution in [2.24, 2.45) is 0 Å². The van der Waals surface area contributed by atoms with Crippen molar-refractivity contribution in [3.8, 4) is 17.1 Å². The summed E-state index contributed by atoms with van der Waals surface area (Å²) in [5, 5.41) is 0. The largest absolute Gasteiger partial charge is 0.496 e. The average molecular weight is 400 g/mol. The third-order valence-electron chi connectivity index (χ3n) is 3.27. The van der Waals surface area contributed by atoms with Crippen molar-refractivity contribution in [3.63, 3.8) is 0 Å². The van der Waals surface area contributed by atoms with Crippen LogP contribution in [-0.2, 0) is 0 Å². The number of methoxy groups -OCH3 is 1. The molecule has 3 rings (SSSR count). The summed E-state index contributed by atoms with van der Waals surface area (Å²) in [6.45, 7) is 0. The molecule has 0 amide bonds. The molecular weight excluding hydrogens is 388 g/mol. The van der Waals surface area contributed by atoms with Crippen LogP contribution in [0.1, 0.15) is 24.5 Å². The zero-order chi connectivity index (χ0) is 14.3. The summed E-state index contributed by atoms with van der Waals surface area (Å²) in [4.78, 5) is 19.5. The molecule has 0 bridgehead atoms. The van der Waals surface area contributed by atoms with Gasteiger partial charge in [-0.15, -0.1) is 0 Å². The molecule has 0 saturated heterocycles. The highest BCUT2D eigenvalue weighted by molar-refractivity contribution is 9.10. The molecule has 0 atom stereocenters. The minimum absolute atomic E-state index is 0.154. The molecule has 2 aromatic rings. The van der Waals surface area contributed by atoms with Crippen LogP contribution in [0.5, 0.6) is 5.75 Å². The van der Waals surface area contributed by atoms with Crippen LogP contribution < -0.4 is 10.3 Å². The van der Waals surface area contributed by atoms with Crippen molar-refractivity contribution < 1.29 is 4.74 Å². The van der Waals surface area contributed by atoms with Gasteiger partial charge in [0.25, 0.3) is 5.56 Å². The third-order valence-corrected chi connectivity index (χ3v) is 4.53. The predicted octanol–water partition coefficient (Wildman–Crippen LogP) is 3.85. The van der Waals surface area contributed by atoms with Crippen LogP contribution >= 0.6 is 31.9 Å². The van der Waals surface area contributed by atoms with E-state index in [2.05, 4.69) is 41.8 Å². The maximum atomic E-state index is 12.1. The van der Waals surface area contributed by atoms with Gasteiger partial charge in [-0.2, -0.15) is 0 Å². The van der Waals surface area contributed by atoms with Gasteiger partial charge in [-0.1, -0.05) is 15.9 Å². The monoisotopic (exact) mass is 398 g/mol. The Labute approximate surface area is 132 Å². The molecule has 1 aliphatic rings. The van der Waals surface area contributed by atoms with E-state index in [1.165, 1.54) is 0 Å². The van der Waals surface area contributed by atoms with E-state index < -0.39 is 0 Å². The van der Waals surface area contributed by atoms with Gasteiger partial charge in [0.1, 0.15) is 16.0 Å². The fourth-order valence-corrected chi connectivity index (χ4v) is 2.97. The van der Waals surface area contributed by atoms with Gasteiger partial charge >= 0.3 is 0 Å². The highest BCUT2D eigenvalue weighted by Crippen LogP contribution is 2.42. The fourth-order valence-electron chi connectivity index (χ4n) is 2.10. The maximum absolute atomic E-state index is 12.1. The third kappa shape index (κ3) is 2.54. The Morgan fingerprint density at radius 2 is 2.10 bits per heavy atom. The molecule has 104 valence electrons. The minimum atomic E-state index is -0.154. The van der Waals surface area contributed by atoms with Crippen LogP contribution in [0.15, 0.2) is 31.9 Å². The Hall–Kier alpha value is -1.14. The van der Waals surface area contributed by atoms with Crippen molar-refractivity contribution in [2.45, 2.75) is 18.8 Å². The first kappa shape index (κ1) is 13.8. The SMILES string of the molecule is COc1ccc(Br)cc1-c1nc(C2CC2)c(Br)c(=O)[nH]1. The zero-order valence-corrected chi connectivity index (χ0v) is 13.9. The number of aromatic amines is 1. The first-order chi connectivity index (χ1) is 9.60. The summed E-state index contributed by atoms with van der Waals surface area (Å²) in [5.41, 5.74) is 1.46. The molecule has 1 aromatic carbocycles. The zero-order valence-electron chi connectivity index (χ0n) is 10.7. The molecule has 0 aliphatic heterocycles. The highest BCUT2D eigenvalue weighted by Gasteiger charge is 2.29. The summed E-state index contributed by atoms with van der Waals surface area (Å²) < 4.78 is 6.79. The Kier molecular flexibility index (Phi) is 3.69. The molecule has 20 heavy (non-hydrogen) atoms. The maximum Gasteiger partial charge on any atom is 0.265 e. The van der Waals surface area contributed by atoms with Crippen molar-refractivity contribution in [1.29, 1.82) is 0 Å². The van der Waals surface area contributed by atoms with E-state index in [9.17, 15) is 4.79 Å². The molecule has 1 saturated carbocycles. The van der Waals surface area contributed by atoms with Crippen LogP contribution in [0.2, 0.25) is 0 Å². The summed E-state index contributed by atoms with van der Waals surface area (Å²) in [5.74, 6) is 1.61. The first-order valence-corrected chi connectivity index (χ1v) is 7.82. The molecule has 4 nitrogen and oxygen atoms in total. The number of hydrogen-bond donors (Lipinski definition) is 1. The van der Waals surface area contributed by atoms with Gasteiger partial charge in [-0.05, 0) is 47.0 Å². The van der Waals surface area contributed by atoms with Crippen LogP contribution in [0, 0.1) is 0 Å². The van der Waals surface area contributed by atoms with Gasteiger partial charge < -0.3 is 9.72 Å². The van der Waals surface area contributed by atoms with Gasteiger partial charge in [0.05, 0.1) is 18.4 Å². The Bertz CT molecular complexity index is 724. The normalized spacial score (nSPS) is 14.3. The molecule has 1 heterocycles. The van der Waals surface area contributed by atoms with Crippen molar-refractivity contribution >= 4 is 31.9 Å². The Balaban J connectivity index is 2.19. The molecule has 1 fully saturated rings. The highest BCUT2D eigenvalue weighted by atomic mass is 79.9. The van der Waals surface area contributed by atoms with Gasteiger partial charge in [0, 0.05) is 10.4 Å². The topological polar surface area (TPSA) is 55.0 Å². The van der Waals surface area contributed by atoms with Crippen LogP contribution in [0.4, 0.5) is 0 Å². The Morgan fingerprint density at radius 1 is 1.35 bits per heavy atom. The van der Waals surface area contributed by atoms with Gasteiger partial charge in [0.15, 0.2) is 0 Å². The molecule has 6 heteroatoms. The van der Waals surface area contributed by atoms with E-state index in [1.54, 1.807) is 7.11 Å². The second-order valence-corrected chi connectivity index (χ2v) is 6.44. The number of nitrogens with one attached hydrogen (secondary N) is 1. The summed E-state index contributed by atoms with van der Waals surface area (Å²) >= 11 is 6.76. The van der Waals surface area contributed by atoms with E-state index in [4.69, 9.17) is 4.74 Å². The van der Waals surface area contributed by atoms with Crippen LogP contribution in [0.25, 0.3) is 11.4 Å². The average Bonchev–Trinajstić information content (AvgIpc) is 3.26. The molecule has 0 spiro atoms. The number of halogens is 2. The molecular formula is C14H12Br2N2O2. The molecule has 1 aromatic heterocycles. The fraction of sp³-hybridized carbons (Fsp3) is 0.286. The number of nitrogens with zero attached hydrogens (tertiary/aromatic N) is 1. The quantitative estimate of drug-likeness (QED) is 0.852. The Morgan fingerprint density at radius 3 is 2.75 bits per heavy atom. The number of benzene rings is 1. The lowest BCUT2D eigenvalue weighted by Crippen LogP contribution is -2.13. The number of hydrogen-bond acceptors (Lipinski definition) is 3. The van der Waals surface area contributed by atoms with Crippen molar-refractivity contribution in [3.05, 3.63) is 43.2 Å². The standard InChI is InChI=1S/C14H12Br2N2O2/c1-20-10-5-4-8(15)6-9(10)13-17-12(7-2-3-7)11(16)14(19)18-13/h4-7H,2-3H2,1H3,(H,17,18,19). The number of aromatic nitrogens is 2. The lowest BCUT2D eigenvalue weighted by molar-refractivity contribution is 0.416. The van der Waals surface area contributed by atoms with E-state index in [-0.39, 0.29) is 5.56 Å². The van der Waals surface area contributed by atoms with Gasteiger partial charge in [-0.3, -0.25) is 4.79 Å². The number of ether oxygens (including phenoxy) is 1. The molecule has 0 unspecified atom stereocenters. The molecule has 0 radical (unpaired) electrons.